The molecule has 1 aromatic carbocycles. The minimum atomic E-state index is -4.73. The van der Waals surface area contributed by atoms with E-state index in [1.165, 1.54) is 23.3 Å². The van der Waals surface area contributed by atoms with E-state index in [1.54, 1.807) is 4.57 Å². The molecule has 2 saturated heterocycles. The molecule has 1 atom stereocenters. The van der Waals surface area contributed by atoms with Crippen LogP contribution in [0.4, 0.5) is 19.1 Å². The highest BCUT2D eigenvalue weighted by atomic mass is 35.5. The van der Waals surface area contributed by atoms with Crippen LogP contribution in [0.5, 0.6) is 0 Å². The van der Waals surface area contributed by atoms with Gasteiger partial charge < -0.3 is 9.88 Å². The number of halogens is 4. The fraction of sp³-hybridized carbons (Fsp3) is 0.500. The number of likely N-dealkylation sites (tertiary alicyclic amines) is 1. The van der Waals surface area contributed by atoms with Gasteiger partial charge in [-0.3, -0.25) is 4.90 Å². The highest BCUT2D eigenvalue weighted by Gasteiger charge is 2.38. The van der Waals surface area contributed by atoms with E-state index < -0.39 is 33.8 Å². The van der Waals surface area contributed by atoms with Crippen LogP contribution < -0.4 is 10.0 Å². The molecule has 3 aliphatic rings. The van der Waals surface area contributed by atoms with Crippen molar-refractivity contribution in [1.29, 1.82) is 0 Å². The summed E-state index contributed by atoms with van der Waals surface area (Å²) in [7, 11) is -3.77. The van der Waals surface area contributed by atoms with Gasteiger partial charge in [0.05, 0.1) is 16.9 Å². The minimum absolute atomic E-state index is 0.0213. The van der Waals surface area contributed by atoms with Crippen LogP contribution in [0.1, 0.15) is 49.7 Å². The molecule has 1 unspecified atom stereocenters. The van der Waals surface area contributed by atoms with Gasteiger partial charge in [0.2, 0.25) is 5.95 Å². The Morgan fingerprint density at radius 3 is 2.54 bits per heavy atom. The molecule has 3 aromatic rings. The number of hydrogen-bond donors (Lipinski definition) is 2. The van der Waals surface area contributed by atoms with Crippen molar-refractivity contribution in [1.82, 2.24) is 33.4 Å². The second-order valence-corrected chi connectivity index (χ2v) is 12.8. The van der Waals surface area contributed by atoms with Gasteiger partial charge in [0.1, 0.15) is 23.3 Å². The molecule has 15 heteroatoms. The minimum Gasteiger partial charge on any atom is -0.338 e. The summed E-state index contributed by atoms with van der Waals surface area (Å²) in [6, 6.07) is 5.53. The number of imidazole rings is 1. The highest BCUT2D eigenvalue weighted by molar-refractivity contribution is 7.87. The molecular formula is C26H30ClF3N8O2S. The first kappa shape index (κ1) is 28.3. The van der Waals surface area contributed by atoms with Crippen LogP contribution >= 0.6 is 11.6 Å². The molecule has 0 radical (unpaired) electrons. The van der Waals surface area contributed by atoms with E-state index in [4.69, 9.17) is 11.6 Å². The first-order chi connectivity index (χ1) is 19.6. The molecule has 2 aliphatic heterocycles. The molecule has 1 saturated carbocycles. The molecule has 41 heavy (non-hydrogen) atoms. The van der Waals surface area contributed by atoms with E-state index in [9.17, 15) is 21.6 Å². The predicted octanol–water partition coefficient (Wildman–Crippen LogP) is 4.43. The Morgan fingerprint density at radius 1 is 1.05 bits per heavy atom. The highest BCUT2D eigenvalue weighted by Crippen LogP contribution is 2.36. The Hall–Kier alpha value is -2.78. The number of nitrogens with zero attached hydrogens (tertiary/aromatic N) is 6. The van der Waals surface area contributed by atoms with Crippen molar-refractivity contribution in [3.8, 4) is 17.1 Å². The number of piperidine rings is 1. The Bertz CT molecular complexity index is 1530. The summed E-state index contributed by atoms with van der Waals surface area (Å²) < 4.78 is 73.3. The molecule has 220 valence electrons. The van der Waals surface area contributed by atoms with Crippen LogP contribution in [0, 0.1) is 0 Å². The molecule has 6 rings (SSSR count). The van der Waals surface area contributed by atoms with Gasteiger partial charge in [0, 0.05) is 31.5 Å². The number of benzene rings is 1. The number of rotatable bonds is 9. The van der Waals surface area contributed by atoms with Crippen molar-refractivity contribution in [2.24, 2.45) is 0 Å². The molecule has 2 aromatic heterocycles. The van der Waals surface area contributed by atoms with Gasteiger partial charge in [-0.05, 0) is 69.3 Å². The fourth-order valence-electron chi connectivity index (χ4n) is 5.05. The molecule has 4 heterocycles. The SMILES string of the molecule is O=S(=O)(NC1CC1)N1CCCCC1Nc1ncc(C(F)(F)F)c(-c2cn(-c3ccc(CN4CCC4)cc3Cl)cn2)n1. The topological polar surface area (TPSA) is 108 Å². The second kappa shape index (κ2) is 11.1. The van der Waals surface area contributed by atoms with Gasteiger partial charge >= 0.3 is 6.18 Å². The maximum atomic E-state index is 14.0. The van der Waals surface area contributed by atoms with E-state index in [-0.39, 0.29) is 24.2 Å². The van der Waals surface area contributed by atoms with Gasteiger partial charge in [-0.1, -0.05) is 17.7 Å². The third-order valence-electron chi connectivity index (χ3n) is 7.52. The molecular weight excluding hydrogens is 581 g/mol. The third kappa shape index (κ3) is 6.36. The monoisotopic (exact) mass is 610 g/mol. The van der Waals surface area contributed by atoms with Crippen molar-refractivity contribution in [2.75, 3.05) is 25.0 Å². The van der Waals surface area contributed by atoms with E-state index >= 15 is 0 Å². The largest absolute Gasteiger partial charge is 0.420 e. The van der Waals surface area contributed by atoms with E-state index in [0.29, 0.717) is 29.7 Å². The van der Waals surface area contributed by atoms with E-state index in [2.05, 4.69) is 29.9 Å². The Morgan fingerprint density at radius 2 is 1.85 bits per heavy atom. The number of alkyl halides is 3. The number of hydrogen-bond acceptors (Lipinski definition) is 7. The van der Waals surface area contributed by atoms with Crippen LogP contribution in [0.3, 0.4) is 0 Å². The molecule has 3 fully saturated rings. The Balaban J connectivity index is 1.27. The van der Waals surface area contributed by atoms with E-state index in [0.717, 1.165) is 44.5 Å². The zero-order chi connectivity index (χ0) is 28.8. The predicted molar refractivity (Wildman–Crippen MR) is 148 cm³/mol. The average Bonchev–Trinajstić information content (AvgIpc) is 3.56. The van der Waals surface area contributed by atoms with Gasteiger partial charge in [-0.25, -0.2) is 15.0 Å². The van der Waals surface area contributed by atoms with Gasteiger partial charge in [-0.15, -0.1) is 0 Å². The molecule has 0 amide bonds. The van der Waals surface area contributed by atoms with Crippen molar-refractivity contribution >= 4 is 27.8 Å². The summed E-state index contributed by atoms with van der Waals surface area (Å²) >= 11 is 6.55. The normalized spacial score (nSPS) is 20.6. The lowest BCUT2D eigenvalue weighted by atomic mass is 10.1. The molecule has 2 N–H and O–H groups in total. The lowest BCUT2D eigenvalue weighted by Gasteiger charge is -2.35. The summed E-state index contributed by atoms with van der Waals surface area (Å²) in [6.45, 7) is 3.17. The molecule has 0 bridgehead atoms. The van der Waals surface area contributed by atoms with Crippen LogP contribution in [0.25, 0.3) is 17.1 Å². The third-order valence-corrected chi connectivity index (χ3v) is 9.50. The molecule has 10 nitrogen and oxygen atoms in total. The second-order valence-electron chi connectivity index (χ2n) is 10.7. The van der Waals surface area contributed by atoms with Crippen molar-refractivity contribution in [3.05, 3.63) is 53.1 Å². The first-order valence-corrected chi connectivity index (χ1v) is 15.4. The average molecular weight is 611 g/mol. The number of aromatic nitrogens is 4. The van der Waals surface area contributed by atoms with Crippen LogP contribution in [-0.2, 0) is 22.9 Å². The van der Waals surface area contributed by atoms with Crippen LogP contribution in [0.2, 0.25) is 5.02 Å². The maximum Gasteiger partial charge on any atom is 0.420 e. The van der Waals surface area contributed by atoms with E-state index in [1.807, 2.05) is 18.2 Å². The lowest BCUT2D eigenvalue weighted by Crippen LogP contribution is -2.52. The zero-order valence-electron chi connectivity index (χ0n) is 22.1. The summed E-state index contributed by atoms with van der Waals surface area (Å²) in [5, 5.41) is 3.41. The van der Waals surface area contributed by atoms with Crippen molar-refractivity contribution in [2.45, 2.75) is 63.5 Å². The van der Waals surface area contributed by atoms with Crippen LogP contribution in [-0.4, -0.2) is 69.0 Å². The summed E-state index contributed by atoms with van der Waals surface area (Å²) in [5.74, 6) is -0.116. The standard InChI is InChI=1S/C26H30ClF3N8O2S/c27-20-12-17(14-36-9-3-10-36)5-8-22(20)37-15-21(32-16-37)24-19(26(28,29)30)13-31-25(34-24)33-23-4-1-2-11-38(23)41(39,40)35-18-6-7-18/h5,8,12-13,15-16,18,23,35H,1-4,6-7,9-11,14H2,(H,31,33,34). The maximum absolute atomic E-state index is 14.0. The number of nitrogens with one attached hydrogen (secondary N) is 2. The van der Waals surface area contributed by atoms with Crippen molar-refractivity contribution < 1.29 is 21.6 Å². The first-order valence-electron chi connectivity index (χ1n) is 13.6. The summed E-state index contributed by atoms with van der Waals surface area (Å²) in [4.78, 5) is 14.6. The fourth-order valence-corrected chi connectivity index (χ4v) is 7.01. The smallest absolute Gasteiger partial charge is 0.338 e. The number of anilines is 1. The van der Waals surface area contributed by atoms with Crippen LogP contribution in [0.15, 0.2) is 36.9 Å². The molecule has 1 aliphatic carbocycles. The zero-order valence-corrected chi connectivity index (χ0v) is 23.7. The van der Waals surface area contributed by atoms with Crippen molar-refractivity contribution in [3.63, 3.8) is 0 Å². The lowest BCUT2D eigenvalue weighted by molar-refractivity contribution is -0.137. The Labute approximate surface area is 241 Å². The summed E-state index contributed by atoms with van der Waals surface area (Å²) in [5.41, 5.74) is 0.140. The molecule has 0 spiro atoms. The van der Waals surface area contributed by atoms with Gasteiger partial charge in [0.25, 0.3) is 10.2 Å². The Kier molecular flexibility index (Phi) is 7.70. The van der Waals surface area contributed by atoms with Gasteiger partial charge in [-0.2, -0.15) is 30.6 Å². The summed E-state index contributed by atoms with van der Waals surface area (Å²) in [6.07, 6.45) is 2.75. The quantitative estimate of drug-likeness (QED) is 0.369. The van der Waals surface area contributed by atoms with Gasteiger partial charge in [0.15, 0.2) is 0 Å².